The molecule has 1 aromatic rings. The molecule has 0 unspecified atom stereocenters. The predicted octanol–water partition coefficient (Wildman–Crippen LogP) is 1.62. The maximum atomic E-state index is 11.9. The summed E-state index contributed by atoms with van der Waals surface area (Å²) in [7, 11) is 0. The Morgan fingerprint density at radius 3 is 2.00 bits per heavy atom. The molecule has 0 aromatic heterocycles. The van der Waals surface area contributed by atoms with Crippen molar-refractivity contribution >= 4 is 0 Å². The van der Waals surface area contributed by atoms with E-state index in [1.54, 1.807) is 0 Å². The third kappa shape index (κ3) is 2.53. The zero-order valence-corrected chi connectivity index (χ0v) is 7.10. The summed E-state index contributed by atoms with van der Waals surface area (Å²) in [5.41, 5.74) is 0. The molecule has 0 saturated carbocycles. The first kappa shape index (κ1) is 8.25. The molecule has 0 aliphatic heterocycles. The molecule has 0 fully saturated rings. The minimum absolute atomic E-state index is 0. The third-order valence-corrected chi connectivity index (χ3v) is 0.678. The molecule has 1 aromatic carbocycles. The Morgan fingerprint density at radius 1 is 1.25 bits per heavy atom. The van der Waals surface area contributed by atoms with Crippen molar-refractivity contribution in [1.29, 1.82) is 0 Å². The minimum atomic E-state index is -0.209. The second kappa shape index (κ2) is 4.16. The van der Waals surface area contributed by atoms with Gasteiger partial charge in [-0.05, 0) is 0 Å². The van der Waals surface area contributed by atoms with E-state index in [0.29, 0.717) is 0 Å². The van der Waals surface area contributed by atoms with Gasteiger partial charge in [0.05, 0.1) is 0 Å². The molecule has 0 saturated heterocycles. The fraction of sp³-hybridized carbons (Fsp3) is 0. The number of hydrogen-bond donors (Lipinski definition) is 0. The Hall–Kier alpha value is 0.254. The van der Waals surface area contributed by atoms with Gasteiger partial charge in [-0.15, -0.1) is 12.1 Å². The van der Waals surface area contributed by atoms with Crippen molar-refractivity contribution in [3.63, 3.8) is 0 Å². The van der Waals surface area contributed by atoms with E-state index in [2.05, 4.69) is 6.07 Å². The van der Waals surface area contributed by atoms with Gasteiger partial charge in [0.2, 0.25) is 0 Å². The molecule has 1 rings (SSSR count). The van der Waals surface area contributed by atoms with Crippen molar-refractivity contribution in [1.82, 2.24) is 0 Å². The molecular formula is C6H4FY-. The topological polar surface area (TPSA) is 0 Å². The molecule has 0 atom stereocenters. The van der Waals surface area contributed by atoms with Gasteiger partial charge >= 0.3 is 0 Å². The smallest absolute Gasteiger partial charge is 0.0151 e. The second-order valence-electron chi connectivity index (χ2n) is 1.22. The van der Waals surface area contributed by atoms with Crippen molar-refractivity contribution < 1.29 is 37.1 Å². The van der Waals surface area contributed by atoms with Crippen molar-refractivity contribution in [3.8, 4) is 0 Å². The van der Waals surface area contributed by atoms with Crippen LogP contribution in [0.2, 0.25) is 0 Å². The molecule has 0 aliphatic carbocycles. The van der Waals surface area contributed by atoms with Crippen LogP contribution in [-0.2, 0) is 32.7 Å². The molecular weight excluding hydrogens is 180 g/mol. The standard InChI is InChI=1S/C6H4F.Y/c7-6-4-2-1-3-5-6;/h2-5H;/q-1;. The van der Waals surface area contributed by atoms with Crippen LogP contribution in [0, 0.1) is 11.9 Å². The number of halogens is 1. The summed E-state index contributed by atoms with van der Waals surface area (Å²) in [6.07, 6.45) is 0. The second-order valence-corrected chi connectivity index (χ2v) is 1.22. The fourth-order valence-electron chi connectivity index (χ4n) is 0.367. The largest absolute Gasteiger partial charge is 0.236 e. The van der Waals surface area contributed by atoms with Gasteiger partial charge in [0.15, 0.2) is 0 Å². The van der Waals surface area contributed by atoms with Gasteiger partial charge < -0.3 is 0 Å². The average molecular weight is 184 g/mol. The van der Waals surface area contributed by atoms with Crippen LogP contribution in [0.1, 0.15) is 0 Å². The van der Waals surface area contributed by atoms with Gasteiger partial charge in [-0.3, -0.25) is 0 Å². The normalized spacial score (nSPS) is 7.62. The molecule has 0 amide bonds. The van der Waals surface area contributed by atoms with E-state index in [1.165, 1.54) is 24.3 Å². The van der Waals surface area contributed by atoms with Crippen LogP contribution in [0.3, 0.4) is 0 Å². The Labute approximate surface area is 73.0 Å². The summed E-state index contributed by atoms with van der Waals surface area (Å²) in [4.78, 5) is 0. The summed E-state index contributed by atoms with van der Waals surface area (Å²) < 4.78 is 11.9. The molecule has 39 valence electrons. The van der Waals surface area contributed by atoms with E-state index in [9.17, 15) is 4.39 Å². The van der Waals surface area contributed by atoms with E-state index in [1.807, 2.05) is 0 Å². The fourth-order valence-corrected chi connectivity index (χ4v) is 0.367. The summed E-state index contributed by atoms with van der Waals surface area (Å²) in [5, 5.41) is 0. The van der Waals surface area contributed by atoms with Crippen LogP contribution in [0.5, 0.6) is 0 Å². The minimum Gasteiger partial charge on any atom is -0.236 e. The third-order valence-electron chi connectivity index (χ3n) is 0.678. The molecule has 0 N–H and O–H groups in total. The van der Waals surface area contributed by atoms with Gasteiger partial charge in [0.25, 0.3) is 0 Å². The van der Waals surface area contributed by atoms with Crippen molar-refractivity contribution in [2.45, 2.75) is 0 Å². The van der Waals surface area contributed by atoms with Gasteiger partial charge in [-0.25, -0.2) is 4.39 Å². The zero-order chi connectivity index (χ0) is 5.11. The van der Waals surface area contributed by atoms with Crippen molar-refractivity contribution in [2.24, 2.45) is 0 Å². The van der Waals surface area contributed by atoms with E-state index < -0.39 is 0 Å². The maximum absolute atomic E-state index is 11.9. The van der Waals surface area contributed by atoms with Crippen LogP contribution in [0.25, 0.3) is 0 Å². The van der Waals surface area contributed by atoms with Crippen molar-refractivity contribution in [2.75, 3.05) is 0 Å². The SMILES string of the molecule is Fc1cc[c-]cc1.[Y]. The molecule has 0 nitrogen and oxygen atoms in total. The quantitative estimate of drug-likeness (QED) is 0.537. The molecule has 0 aliphatic rings. The van der Waals surface area contributed by atoms with Crippen LogP contribution >= 0.6 is 0 Å². The number of rotatable bonds is 0. The van der Waals surface area contributed by atoms with Crippen LogP contribution in [-0.4, -0.2) is 0 Å². The van der Waals surface area contributed by atoms with Crippen LogP contribution in [0.4, 0.5) is 4.39 Å². The van der Waals surface area contributed by atoms with Gasteiger partial charge in [-0.1, -0.05) is 0 Å². The number of hydrogen-bond acceptors (Lipinski definition) is 0. The van der Waals surface area contributed by atoms with E-state index in [-0.39, 0.29) is 38.5 Å². The van der Waals surface area contributed by atoms with E-state index >= 15 is 0 Å². The average Bonchev–Trinajstić information content (AvgIpc) is 1.69. The van der Waals surface area contributed by atoms with E-state index in [4.69, 9.17) is 0 Å². The first-order valence-electron chi connectivity index (χ1n) is 2.01. The molecule has 0 spiro atoms. The Kier molecular flexibility index (Phi) is 4.30. The predicted molar refractivity (Wildman–Crippen MR) is 25.2 cm³/mol. The van der Waals surface area contributed by atoms with Gasteiger partial charge in [0.1, 0.15) is 0 Å². The summed E-state index contributed by atoms with van der Waals surface area (Å²) in [6, 6.07) is 8.49. The zero-order valence-electron chi connectivity index (χ0n) is 4.26. The first-order chi connectivity index (χ1) is 3.39. The molecule has 0 heterocycles. The summed E-state index contributed by atoms with van der Waals surface area (Å²) >= 11 is 0. The monoisotopic (exact) mass is 184 g/mol. The van der Waals surface area contributed by atoms with Gasteiger partial charge in [0, 0.05) is 38.5 Å². The Morgan fingerprint density at radius 2 is 1.75 bits per heavy atom. The van der Waals surface area contributed by atoms with Gasteiger partial charge in [-0.2, -0.15) is 18.2 Å². The van der Waals surface area contributed by atoms with E-state index in [0.717, 1.165) is 0 Å². The first-order valence-corrected chi connectivity index (χ1v) is 2.01. The summed E-state index contributed by atoms with van der Waals surface area (Å²) in [5.74, 6) is -0.209. The molecule has 0 bridgehead atoms. The van der Waals surface area contributed by atoms with Crippen LogP contribution in [0.15, 0.2) is 24.3 Å². The van der Waals surface area contributed by atoms with Crippen LogP contribution < -0.4 is 0 Å². The summed E-state index contributed by atoms with van der Waals surface area (Å²) in [6.45, 7) is 0. The Balaban J connectivity index is 0.000000490. The maximum Gasteiger partial charge on any atom is 0.0151 e. The molecule has 1 radical (unpaired) electrons. The molecule has 8 heavy (non-hydrogen) atoms. The Bertz CT molecular complexity index is 138. The van der Waals surface area contributed by atoms with Crippen molar-refractivity contribution in [3.05, 3.63) is 36.1 Å². The number of benzene rings is 1. The molecule has 2 heteroatoms.